The van der Waals surface area contributed by atoms with Gasteiger partial charge in [0.2, 0.25) is 0 Å². The van der Waals surface area contributed by atoms with Crippen LogP contribution < -0.4 is 10.3 Å². The second kappa shape index (κ2) is 8.59. The monoisotopic (exact) mass is 450 g/mol. The predicted octanol–water partition coefficient (Wildman–Crippen LogP) is 4.27. The van der Waals surface area contributed by atoms with Crippen LogP contribution in [0.1, 0.15) is 0 Å². The summed E-state index contributed by atoms with van der Waals surface area (Å²) < 4.78 is 7.88. The van der Waals surface area contributed by atoms with Crippen LogP contribution in [-0.4, -0.2) is 27.6 Å². The summed E-state index contributed by atoms with van der Waals surface area (Å²) in [5.74, 6) is 0.668. The van der Waals surface area contributed by atoms with E-state index in [2.05, 4.69) is 21.0 Å². The number of hydrogen-bond donors (Lipinski definition) is 1. The van der Waals surface area contributed by atoms with E-state index < -0.39 is 6.10 Å². The summed E-state index contributed by atoms with van der Waals surface area (Å²) in [6, 6.07) is 24.4. The summed E-state index contributed by atoms with van der Waals surface area (Å²) in [5.41, 5.74) is 1.36. The van der Waals surface area contributed by atoms with E-state index in [1.807, 2.05) is 72.8 Å². The predicted molar refractivity (Wildman–Crippen MR) is 117 cm³/mol. The smallest absolute Gasteiger partial charge is 0.274 e. The van der Waals surface area contributed by atoms with E-state index >= 15 is 0 Å². The Bertz CT molecular complexity index is 1170. The molecular weight excluding hydrogens is 432 g/mol. The lowest BCUT2D eigenvalue weighted by Gasteiger charge is -2.15. The fourth-order valence-electron chi connectivity index (χ4n) is 3.14. The van der Waals surface area contributed by atoms with Crippen molar-refractivity contribution in [3.05, 3.63) is 93.7 Å². The van der Waals surface area contributed by atoms with Crippen molar-refractivity contribution in [1.82, 2.24) is 9.78 Å². The van der Waals surface area contributed by atoms with Gasteiger partial charge < -0.3 is 9.84 Å². The van der Waals surface area contributed by atoms with Gasteiger partial charge in [-0.05, 0) is 30.3 Å². The molecule has 146 valence electrons. The first kappa shape index (κ1) is 19.4. The molecule has 0 saturated heterocycles. The maximum atomic E-state index is 12.9. The Morgan fingerprint density at radius 1 is 0.931 bits per heavy atom. The van der Waals surface area contributed by atoms with Gasteiger partial charge in [-0.15, -0.1) is 0 Å². The van der Waals surface area contributed by atoms with Crippen molar-refractivity contribution in [2.45, 2.75) is 12.6 Å². The van der Waals surface area contributed by atoms with E-state index in [-0.39, 0.29) is 18.7 Å². The topological polar surface area (TPSA) is 64.4 Å². The van der Waals surface area contributed by atoms with Crippen molar-refractivity contribution in [2.24, 2.45) is 0 Å². The third-order valence-electron chi connectivity index (χ3n) is 4.55. The lowest BCUT2D eigenvalue weighted by molar-refractivity contribution is 0.0882. The van der Waals surface area contributed by atoms with Gasteiger partial charge in [-0.3, -0.25) is 4.79 Å². The van der Waals surface area contributed by atoms with Crippen LogP contribution in [0.15, 0.2) is 88.1 Å². The molecule has 4 rings (SSSR count). The highest BCUT2D eigenvalue weighted by molar-refractivity contribution is 9.10. The Kier molecular flexibility index (Phi) is 5.74. The number of aromatic nitrogens is 2. The minimum Gasteiger partial charge on any atom is -0.491 e. The van der Waals surface area contributed by atoms with Crippen LogP contribution in [0.4, 0.5) is 0 Å². The zero-order valence-electron chi connectivity index (χ0n) is 15.5. The lowest BCUT2D eigenvalue weighted by Crippen LogP contribution is -2.32. The largest absolute Gasteiger partial charge is 0.491 e. The number of rotatable bonds is 6. The Balaban J connectivity index is 1.66. The molecule has 6 heteroatoms. The standard InChI is InChI=1S/C23H19BrN2O3/c24-17-12-10-16(11-13-17)22-20-8-4-5-9-21(20)23(28)26(25-22)14-18(27)15-29-19-6-2-1-3-7-19/h1-13,18,27H,14-15H2. The number of fused-ring (bicyclic) bond motifs is 1. The molecule has 0 amide bonds. The molecule has 1 aromatic heterocycles. The normalized spacial score (nSPS) is 12.1. The molecule has 0 saturated carbocycles. The number of para-hydroxylation sites is 1. The maximum Gasteiger partial charge on any atom is 0.274 e. The number of nitrogens with zero attached hydrogens (tertiary/aromatic N) is 2. The van der Waals surface area contributed by atoms with Crippen LogP contribution >= 0.6 is 15.9 Å². The Hall–Kier alpha value is -2.96. The molecule has 0 spiro atoms. The highest BCUT2D eigenvalue weighted by Gasteiger charge is 2.15. The van der Waals surface area contributed by atoms with Crippen LogP contribution in [0.2, 0.25) is 0 Å². The molecule has 1 N–H and O–H groups in total. The number of benzene rings is 3. The van der Waals surface area contributed by atoms with Crippen molar-refractivity contribution < 1.29 is 9.84 Å². The average molecular weight is 451 g/mol. The molecule has 4 aromatic rings. The van der Waals surface area contributed by atoms with E-state index in [4.69, 9.17) is 4.74 Å². The second-order valence-electron chi connectivity index (χ2n) is 6.67. The Morgan fingerprint density at radius 3 is 2.31 bits per heavy atom. The Labute approximate surface area is 176 Å². The van der Waals surface area contributed by atoms with Crippen molar-refractivity contribution >= 4 is 26.7 Å². The Morgan fingerprint density at radius 2 is 1.59 bits per heavy atom. The summed E-state index contributed by atoms with van der Waals surface area (Å²) in [5, 5.41) is 16.3. The minimum atomic E-state index is -0.876. The summed E-state index contributed by atoms with van der Waals surface area (Å²) in [6.07, 6.45) is -0.876. The minimum absolute atomic E-state index is 0.0417. The van der Waals surface area contributed by atoms with E-state index in [1.165, 1.54) is 4.68 Å². The van der Waals surface area contributed by atoms with Crippen LogP contribution in [0.5, 0.6) is 5.75 Å². The molecule has 29 heavy (non-hydrogen) atoms. The van der Waals surface area contributed by atoms with Gasteiger partial charge in [0.05, 0.1) is 17.6 Å². The van der Waals surface area contributed by atoms with Crippen LogP contribution in [-0.2, 0) is 6.54 Å². The van der Waals surface area contributed by atoms with Gasteiger partial charge in [0, 0.05) is 15.4 Å². The van der Waals surface area contributed by atoms with Crippen LogP contribution in [0.3, 0.4) is 0 Å². The summed E-state index contributed by atoms with van der Waals surface area (Å²) in [6.45, 7) is 0.110. The summed E-state index contributed by atoms with van der Waals surface area (Å²) in [4.78, 5) is 12.9. The molecule has 1 heterocycles. The van der Waals surface area contributed by atoms with E-state index in [1.54, 1.807) is 6.07 Å². The highest BCUT2D eigenvalue weighted by atomic mass is 79.9. The zero-order valence-corrected chi connectivity index (χ0v) is 17.1. The molecule has 0 aliphatic carbocycles. The fourth-order valence-corrected chi connectivity index (χ4v) is 3.41. The van der Waals surface area contributed by atoms with Gasteiger partial charge in [-0.1, -0.05) is 64.5 Å². The highest BCUT2D eigenvalue weighted by Crippen LogP contribution is 2.26. The van der Waals surface area contributed by atoms with E-state index in [0.29, 0.717) is 16.8 Å². The van der Waals surface area contributed by atoms with Gasteiger partial charge in [0.25, 0.3) is 5.56 Å². The number of halogens is 1. The van der Waals surface area contributed by atoms with Gasteiger partial charge >= 0.3 is 0 Å². The number of aliphatic hydroxyl groups excluding tert-OH is 1. The summed E-state index contributed by atoms with van der Waals surface area (Å²) in [7, 11) is 0. The quantitative estimate of drug-likeness (QED) is 0.476. The van der Waals surface area contributed by atoms with Gasteiger partial charge in [-0.2, -0.15) is 5.10 Å². The first-order valence-corrected chi connectivity index (χ1v) is 10.0. The van der Waals surface area contributed by atoms with Gasteiger partial charge in [-0.25, -0.2) is 4.68 Å². The molecule has 1 unspecified atom stereocenters. The molecule has 3 aromatic carbocycles. The average Bonchev–Trinajstić information content (AvgIpc) is 2.76. The van der Waals surface area contributed by atoms with Crippen molar-refractivity contribution in [2.75, 3.05) is 6.61 Å². The first-order valence-electron chi connectivity index (χ1n) is 9.23. The third-order valence-corrected chi connectivity index (χ3v) is 5.08. The van der Waals surface area contributed by atoms with Crippen LogP contribution in [0.25, 0.3) is 22.0 Å². The van der Waals surface area contributed by atoms with E-state index in [0.717, 1.165) is 15.4 Å². The van der Waals surface area contributed by atoms with Crippen molar-refractivity contribution in [1.29, 1.82) is 0 Å². The van der Waals surface area contributed by atoms with Crippen LogP contribution in [0, 0.1) is 0 Å². The second-order valence-corrected chi connectivity index (χ2v) is 7.58. The molecule has 0 aliphatic heterocycles. The van der Waals surface area contributed by atoms with Gasteiger partial charge in [0.15, 0.2) is 0 Å². The molecule has 0 bridgehead atoms. The summed E-state index contributed by atoms with van der Waals surface area (Å²) >= 11 is 3.44. The molecule has 0 aliphatic rings. The first-order chi connectivity index (χ1) is 14.1. The lowest BCUT2D eigenvalue weighted by atomic mass is 10.1. The van der Waals surface area contributed by atoms with E-state index in [9.17, 15) is 9.90 Å². The SMILES string of the molecule is O=c1c2ccccc2c(-c2ccc(Br)cc2)nn1CC(O)COc1ccccc1. The zero-order chi connectivity index (χ0) is 20.2. The van der Waals surface area contributed by atoms with Crippen molar-refractivity contribution in [3.8, 4) is 17.0 Å². The van der Waals surface area contributed by atoms with Gasteiger partial charge in [0.1, 0.15) is 18.5 Å². The maximum absolute atomic E-state index is 12.9. The number of hydrogen-bond acceptors (Lipinski definition) is 4. The number of ether oxygens (including phenoxy) is 1. The number of aliphatic hydroxyl groups is 1. The molecule has 0 radical (unpaired) electrons. The van der Waals surface area contributed by atoms with Crippen molar-refractivity contribution in [3.63, 3.8) is 0 Å². The molecular formula is C23H19BrN2O3. The fraction of sp³-hybridized carbons (Fsp3) is 0.130. The molecule has 1 atom stereocenters. The molecule has 5 nitrogen and oxygen atoms in total. The molecule has 0 fully saturated rings. The third kappa shape index (κ3) is 4.39.